The van der Waals surface area contributed by atoms with E-state index < -0.39 is 0 Å². The minimum atomic E-state index is 0.173. The summed E-state index contributed by atoms with van der Waals surface area (Å²) in [6.07, 6.45) is 6.35. The van der Waals surface area contributed by atoms with E-state index in [-0.39, 0.29) is 5.91 Å². The molecule has 1 amide bonds. The molecule has 0 aromatic carbocycles. The van der Waals surface area contributed by atoms with Crippen molar-refractivity contribution in [3.8, 4) is 0 Å². The third kappa shape index (κ3) is 6.15. The Morgan fingerprint density at radius 1 is 1.37 bits per heavy atom. The maximum atomic E-state index is 11.7. The molecule has 110 valence electrons. The number of rotatable bonds is 7. The van der Waals surface area contributed by atoms with E-state index in [4.69, 9.17) is 4.74 Å². The molecule has 0 aromatic rings. The van der Waals surface area contributed by atoms with Crippen molar-refractivity contribution < 1.29 is 9.53 Å². The first kappa shape index (κ1) is 15.1. The van der Waals surface area contributed by atoms with Crippen molar-refractivity contribution in [1.29, 1.82) is 0 Å². The van der Waals surface area contributed by atoms with Crippen molar-refractivity contribution in [2.24, 2.45) is 5.92 Å². The number of thioether (sulfide) groups is 1. The van der Waals surface area contributed by atoms with Crippen LogP contribution in [0.5, 0.6) is 0 Å². The molecule has 2 saturated heterocycles. The van der Waals surface area contributed by atoms with Gasteiger partial charge in [-0.2, -0.15) is 0 Å². The summed E-state index contributed by atoms with van der Waals surface area (Å²) in [5.41, 5.74) is 0. The molecule has 2 N–H and O–H groups in total. The van der Waals surface area contributed by atoms with Crippen molar-refractivity contribution in [2.45, 2.75) is 38.2 Å². The van der Waals surface area contributed by atoms with Crippen LogP contribution in [0, 0.1) is 5.92 Å². The number of ether oxygens (including phenoxy) is 1. The van der Waals surface area contributed by atoms with E-state index in [2.05, 4.69) is 10.6 Å². The second-order valence-corrected chi connectivity index (χ2v) is 6.53. The smallest absolute Gasteiger partial charge is 0.229 e. The van der Waals surface area contributed by atoms with E-state index in [1.165, 1.54) is 19.3 Å². The summed E-state index contributed by atoms with van der Waals surface area (Å²) in [4.78, 5) is 11.7. The van der Waals surface area contributed by atoms with E-state index >= 15 is 0 Å². The lowest BCUT2D eigenvalue weighted by Crippen LogP contribution is -2.29. The number of carbonyl (C=O) groups is 1. The third-order valence-electron chi connectivity index (χ3n) is 3.85. The maximum absolute atomic E-state index is 11.7. The van der Waals surface area contributed by atoms with Crippen LogP contribution in [0.1, 0.15) is 32.1 Å². The maximum Gasteiger partial charge on any atom is 0.229 e. The number of amides is 1. The van der Waals surface area contributed by atoms with Crippen LogP contribution in [0.15, 0.2) is 0 Å². The number of carbonyl (C=O) groups excluding carboxylic acids is 1. The standard InChI is InChI=1S/C14H26N2O2S/c17-14(16-7-5-12-4-6-15-9-12)11-19-10-13-3-1-2-8-18-13/h12-13,15H,1-11H2,(H,16,17). The fraction of sp³-hybridized carbons (Fsp3) is 0.929. The monoisotopic (exact) mass is 286 g/mol. The molecule has 4 nitrogen and oxygen atoms in total. The Hall–Kier alpha value is -0.260. The van der Waals surface area contributed by atoms with Crippen molar-refractivity contribution in [3.63, 3.8) is 0 Å². The Labute approximate surface area is 120 Å². The molecule has 2 heterocycles. The molecule has 0 aliphatic carbocycles. The zero-order chi connectivity index (χ0) is 13.3. The second-order valence-electron chi connectivity index (χ2n) is 5.50. The van der Waals surface area contributed by atoms with Gasteiger partial charge in [-0.1, -0.05) is 0 Å². The first-order valence-electron chi connectivity index (χ1n) is 7.51. The van der Waals surface area contributed by atoms with E-state index in [9.17, 15) is 4.79 Å². The largest absolute Gasteiger partial charge is 0.377 e. The summed E-state index contributed by atoms with van der Waals surface area (Å²) >= 11 is 1.70. The topological polar surface area (TPSA) is 50.4 Å². The molecule has 19 heavy (non-hydrogen) atoms. The molecule has 2 atom stereocenters. The summed E-state index contributed by atoms with van der Waals surface area (Å²) in [7, 11) is 0. The summed E-state index contributed by atoms with van der Waals surface area (Å²) in [5.74, 6) is 2.46. The van der Waals surface area contributed by atoms with Crippen LogP contribution in [0.25, 0.3) is 0 Å². The molecule has 0 spiro atoms. The molecule has 2 aliphatic heterocycles. The van der Waals surface area contributed by atoms with Gasteiger partial charge in [-0.3, -0.25) is 4.79 Å². The summed E-state index contributed by atoms with van der Waals surface area (Å²) in [6.45, 7) is 3.97. The van der Waals surface area contributed by atoms with Crippen LogP contribution >= 0.6 is 11.8 Å². The molecule has 0 aromatic heterocycles. The Morgan fingerprint density at radius 2 is 2.32 bits per heavy atom. The first-order chi connectivity index (χ1) is 9.34. The van der Waals surface area contributed by atoms with Gasteiger partial charge in [-0.05, 0) is 51.1 Å². The number of hydrogen-bond acceptors (Lipinski definition) is 4. The van der Waals surface area contributed by atoms with Gasteiger partial charge in [0, 0.05) is 18.9 Å². The zero-order valence-corrected chi connectivity index (χ0v) is 12.5. The molecule has 0 radical (unpaired) electrons. The van der Waals surface area contributed by atoms with E-state index in [1.54, 1.807) is 11.8 Å². The predicted molar refractivity (Wildman–Crippen MR) is 79.5 cm³/mol. The van der Waals surface area contributed by atoms with Gasteiger partial charge in [0.25, 0.3) is 0 Å². The highest BCUT2D eigenvalue weighted by molar-refractivity contribution is 7.99. The van der Waals surface area contributed by atoms with Crippen LogP contribution in [0.3, 0.4) is 0 Å². The van der Waals surface area contributed by atoms with E-state index in [0.29, 0.717) is 11.9 Å². The highest BCUT2D eigenvalue weighted by atomic mass is 32.2. The van der Waals surface area contributed by atoms with Crippen molar-refractivity contribution in [3.05, 3.63) is 0 Å². The minimum Gasteiger partial charge on any atom is -0.377 e. The number of nitrogens with one attached hydrogen (secondary N) is 2. The van der Waals surface area contributed by atoms with Gasteiger partial charge >= 0.3 is 0 Å². The van der Waals surface area contributed by atoms with Crippen LogP contribution in [-0.4, -0.2) is 49.8 Å². The summed E-state index contributed by atoms with van der Waals surface area (Å²) < 4.78 is 5.65. The minimum absolute atomic E-state index is 0.173. The van der Waals surface area contributed by atoms with Gasteiger partial charge in [0.2, 0.25) is 5.91 Å². The van der Waals surface area contributed by atoms with Crippen LogP contribution in [0.4, 0.5) is 0 Å². The molecule has 5 heteroatoms. The fourth-order valence-electron chi connectivity index (χ4n) is 2.65. The quantitative estimate of drug-likeness (QED) is 0.743. The molecular weight excluding hydrogens is 260 g/mol. The average Bonchev–Trinajstić information content (AvgIpc) is 2.93. The molecular formula is C14H26N2O2S. The lowest BCUT2D eigenvalue weighted by atomic mass is 10.1. The molecule has 0 saturated carbocycles. The van der Waals surface area contributed by atoms with Gasteiger partial charge in [-0.25, -0.2) is 0 Å². The molecule has 2 aliphatic rings. The van der Waals surface area contributed by atoms with E-state index in [0.717, 1.165) is 50.8 Å². The van der Waals surface area contributed by atoms with E-state index in [1.807, 2.05) is 0 Å². The van der Waals surface area contributed by atoms with Crippen LogP contribution < -0.4 is 10.6 Å². The van der Waals surface area contributed by atoms with Crippen molar-refractivity contribution in [1.82, 2.24) is 10.6 Å². The normalized spacial score (nSPS) is 27.4. The van der Waals surface area contributed by atoms with Gasteiger partial charge in [0.15, 0.2) is 0 Å². The summed E-state index contributed by atoms with van der Waals surface area (Å²) in [6, 6.07) is 0. The lowest BCUT2D eigenvalue weighted by Gasteiger charge is -2.21. The third-order valence-corrected chi connectivity index (χ3v) is 4.92. The van der Waals surface area contributed by atoms with Crippen LogP contribution in [0.2, 0.25) is 0 Å². The van der Waals surface area contributed by atoms with Crippen LogP contribution in [-0.2, 0) is 9.53 Å². The highest BCUT2D eigenvalue weighted by Crippen LogP contribution is 2.17. The number of hydrogen-bond donors (Lipinski definition) is 2. The molecule has 2 fully saturated rings. The Kier molecular flexibility index (Phi) is 7.03. The zero-order valence-electron chi connectivity index (χ0n) is 11.7. The molecule has 2 rings (SSSR count). The van der Waals surface area contributed by atoms with Crippen molar-refractivity contribution in [2.75, 3.05) is 37.7 Å². The summed E-state index contributed by atoms with van der Waals surface area (Å²) in [5, 5.41) is 6.37. The fourth-order valence-corrected chi connectivity index (χ4v) is 3.58. The van der Waals surface area contributed by atoms with Gasteiger partial charge in [0.1, 0.15) is 0 Å². The van der Waals surface area contributed by atoms with Crippen molar-refractivity contribution >= 4 is 17.7 Å². The molecule has 2 unspecified atom stereocenters. The highest BCUT2D eigenvalue weighted by Gasteiger charge is 2.15. The Morgan fingerprint density at radius 3 is 3.05 bits per heavy atom. The lowest BCUT2D eigenvalue weighted by molar-refractivity contribution is -0.118. The first-order valence-corrected chi connectivity index (χ1v) is 8.67. The van der Waals surface area contributed by atoms with Gasteiger partial charge < -0.3 is 15.4 Å². The van der Waals surface area contributed by atoms with Gasteiger partial charge in [-0.15, -0.1) is 11.8 Å². The van der Waals surface area contributed by atoms with Gasteiger partial charge in [0.05, 0.1) is 11.9 Å². The second kappa shape index (κ2) is 8.82. The Bertz CT molecular complexity index is 264. The average molecular weight is 286 g/mol. The predicted octanol–water partition coefficient (Wildman–Crippen LogP) is 1.40. The SMILES string of the molecule is O=C(CSCC1CCCCO1)NCCC1CCNC1. The molecule has 0 bridgehead atoms. The Balaban J connectivity index is 1.44.